The number of anilines is 2. The molecule has 98 valence electrons. The standard InChI is InChI=1S/C13H9ClF2N2S/c14-7-4-5-8(15)11(6-7)18-10-3-1-2-9(16)12(10)13(17)19/h1-6,18H,(H2,17,19). The molecule has 0 spiro atoms. The first kappa shape index (κ1) is 13.7. The summed E-state index contributed by atoms with van der Waals surface area (Å²) in [7, 11) is 0. The molecular weight excluding hydrogens is 290 g/mol. The maximum absolute atomic E-state index is 13.7. The van der Waals surface area contributed by atoms with Crippen LogP contribution in [-0.2, 0) is 0 Å². The quantitative estimate of drug-likeness (QED) is 0.841. The molecule has 2 aromatic carbocycles. The molecule has 0 radical (unpaired) electrons. The molecule has 2 rings (SSSR count). The third-order valence-electron chi connectivity index (χ3n) is 2.46. The van der Waals surface area contributed by atoms with Gasteiger partial charge in [0.2, 0.25) is 0 Å². The topological polar surface area (TPSA) is 38.0 Å². The third-order valence-corrected chi connectivity index (χ3v) is 2.90. The van der Waals surface area contributed by atoms with E-state index < -0.39 is 11.6 Å². The van der Waals surface area contributed by atoms with E-state index in [1.165, 1.54) is 30.3 Å². The van der Waals surface area contributed by atoms with E-state index in [9.17, 15) is 8.78 Å². The molecule has 0 saturated heterocycles. The fourth-order valence-corrected chi connectivity index (χ4v) is 2.00. The van der Waals surface area contributed by atoms with E-state index in [1.54, 1.807) is 6.07 Å². The van der Waals surface area contributed by atoms with Gasteiger partial charge in [-0.2, -0.15) is 0 Å². The number of nitrogens with two attached hydrogens (primary N) is 1. The Balaban J connectivity index is 2.46. The summed E-state index contributed by atoms with van der Waals surface area (Å²) in [4.78, 5) is -0.108. The van der Waals surface area contributed by atoms with Gasteiger partial charge in [0.1, 0.15) is 16.6 Å². The third kappa shape index (κ3) is 3.00. The van der Waals surface area contributed by atoms with Gasteiger partial charge in [-0.25, -0.2) is 8.78 Å². The van der Waals surface area contributed by atoms with Crippen molar-refractivity contribution in [1.29, 1.82) is 0 Å². The fraction of sp³-hybridized carbons (Fsp3) is 0. The minimum Gasteiger partial charge on any atom is -0.389 e. The molecule has 0 fully saturated rings. The normalized spacial score (nSPS) is 10.3. The number of rotatable bonds is 3. The largest absolute Gasteiger partial charge is 0.389 e. The van der Waals surface area contributed by atoms with Gasteiger partial charge in [0.25, 0.3) is 0 Å². The number of thiocarbonyl (C=S) groups is 1. The average Bonchev–Trinajstić information content (AvgIpc) is 2.33. The molecule has 0 aliphatic carbocycles. The van der Waals surface area contributed by atoms with Gasteiger partial charge < -0.3 is 11.1 Å². The maximum Gasteiger partial charge on any atom is 0.146 e. The molecule has 3 N–H and O–H groups in total. The Morgan fingerprint density at radius 2 is 1.84 bits per heavy atom. The number of benzene rings is 2. The van der Waals surface area contributed by atoms with Crippen LogP contribution in [0.4, 0.5) is 20.2 Å². The Kier molecular flexibility index (Phi) is 3.97. The fourth-order valence-electron chi connectivity index (χ4n) is 1.62. The highest BCUT2D eigenvalue weighted by Gasteiger charge is 2.12. The molecular formula is C13H9ClF2N2S. The Bertz CT molecular complexity index is 647. The predicted octanol–water partition coefficient (Wildman–Crippen LogP) is 4.00. The van der Waals surface area contributed by atoms with Crippen LogP contribution in [0.15, 0.2) is 36.4 Å². The van der Waals surface area contributed by atoms with Crippen molar-refractivity contribution in [3.63, 3.8) is 0 Å². The Morgan fingerprint density at radius 1 is 1.11 bits per heavy atom. The summed E-state index contributed by atoms with van der Waals surface area (Å²) in [6, 6.07) is 8.28. The zero-order valence-corrected chi connectivity index (χ0v) is 11.2. The summed E-state index contributed by atoms with van der Waals surface area (Å²) < 4.78 is 27.3. The monoisotopic (exact) mass is 298 g/mol. The van der Waals surface area contributed by atoms with Gasteiger partial charge in [0, 0.05) is 5.02 Å². The molecule has 0 aliphatic heterocycles. The second-order valence-electron chi connectivity index (χ2n) is 3.78. The second-order valence-corrected chi connectivity index (χ2v) is 4.65. The van der Waals surface area contributed by atoms with Gasteiger partial charge in [-0.05, 0) is 30.3 Å². The highest BCUT2D eigenvalue weighted by atomic mass is 35.5. The Morgan fingerprint density at radius 3 is 2.53 bits per heavy atom. The van der Waals surface area contributed by atoms with E-state index in [0.29, 0.717) is 5.02 Å². The van der Waals surface area contributed by atoms with Gasteiger partial charge >= 0.3 is 0 Å². The Hall–Kier alpha value is -1.72. The van der Waals surface area contributed by atoms with Crippen molar-refractivity contribution < 1.29 is 8.78 Å². The zero-order chi connectivity index (χ0) is 14.0. The molecule has 0 aliphatic rings. The molecule has 2 aromatic rings. The van der Waals surface area contributed by atoms with Crippen LogP contribution in [0.3, 0.4) is 0 Å². The predicted molar refractivity (Wildman–Crippen MR) is 77.0 cm³/mol. The van der Waals surface area contributed by atoms with Crippen molar-refractivity contribution in [2.24, 2.45) is 5.73 Å². The summed E-state index contributed by atoms with van der Waals surface area (Å²) >= 11 is 10.6. The summed E-state index contributed by atoms with van der Waals surface area (Å²) in [5.41, 5.74) is 5.91. The van der Waals surface area contributed by atoms with E-state index in [4.69, 9.17) is 29.6 Å². The summed E-state index contributed by atoms with van der Waals surface area (Å²) in [6.45, 7) is 0. The lowest BCUT2D eigenvalue weighted by Gasteiger charge is -2.12. The highest BCUT2D eigenvalue weighted by Crippen LogP contribution is 2.27. The lowest BCUT2D eigenvalue weighted by molar-refractivity contribution is 0.625. The molecule has 0 aromatic heterocycles. The maximum atomic E-state index is 13.7. The van der Waals surface area contributed by atoms with E-state index in [-0.39, 0.29) is 21.9 Å². The van der Waals surface area contributed by atoms with Crippen LogP contribution in [-0.4, -0.2) is 4.99 Å². The van der Waals surface area contributed by atoms with Gasteiger partial charge in [0.15, 0.2) is 0 Å². The van der Waals surface area contributed by atoms with Crippen molar-refractivity contribution in [2.45, 2.75) is 0 Å². The molecule has 0 bridgehead atoms. The van der Waals surface area contributed by atoms with Crippen LogP contribution in [0.1, 0.15) is 5.56 Å². The molecule has 6 heteroatoms. The molecule has 2 nitrogen and oxygen atoms in total. The summed E-state index contributed by atoms with van der Waals surface area (Å²) in [6.07, 6.45) is 0. The van der Waals surface area contributed by atoms with Crippen molar-refractivity contribution in [2.75, 3.05) is 5.32 Å². The van der Waals surface area contributed by atoms with Crippen LogP contribution in [0.25, 0.3) is 0 Å². The number of hydrogen-bond acceptors (Lipinski definition) is 2. The number of halogens is 3. The first-order valence-electron chi connectivity index (χ1n) is 5.29. The molecule has 0 heterocycles. The van der Waals surface area contributed by atoms with E-state index in [2.05, 4.69) is 5.32 Å². The molecule has 0 amide bonds. The van der Waals surface area contributed by atoms with Crippen LogP contribution in [0.2, 0.25) is 5.02 Å². The van der Waals surface area contributed by atoms with Gasteiger partial charge in [0.05, 0.1) is 16.9 Å². The minimum atomic E-state index is -0.570. The first-order chi connectivity index (χ1) is 8.99. The van der Waals surface area contributed by atoms with Crippen LogP contribution in [0, 0.1) is 11.6 Å². The van der Waals surface area contributed by atoms with Gasteiger partial charge in [-0.3, -0.25) is 0 Å². The molecule has 0 unspecified atom stereocenters. The smallest absolute Gasteiger partial charge is 0.146 e. The summed E-state index contributed by atoms with van der Waals surface area (Å²) in [5, 5.41) is 3.10. The summed E-state index contributed by atoms with van der Waals surface area (Å²) in [5.74, 6) is -1.08. The van der Waals surface area contributed by atoms with E-state index in [1.807, 2.05) is 0 Å². The lowest BCUT2D eigenvalue weighted by atomic mass is 10.1. The van der Waals surface area contributed by atoms with Crippen molar-refractivity contribution in [3.8, 4) is 0 Å². The molecule has 19 heavy (non-hydrogen) atoms. The molecule has 0 saturated carbocycles. The van der Waals surface area contributed by atoms with Gasteiger partial charge in [-0.1, -0.05) is 29.9 Å². The SMILES string of the molecule is NC(=S)c1c(F)cccc1Nc1cc(Cl)ccc1F. The first-order valence-corrected chi connectivity index (χ1v) is 6.08. The van der Waals surface area contributed by atoms with Crippen molar-refractivity contribution in [3.05, 3.63) is 58.6 Å². The number of hydrogen-bond donors (Lipinski definition) is 2. The van der Waals surface area contributed by atoms with Crippen LogP contribution >= 0.6 is 23.8 Å². The van der Waals surface area contributed by atoms with E-state index in [0.717, 1.165) is 0 Å². The van der Waals surface area contributed by atoms with Crippen molar-refractivity contribution >= 4 is 40.2 Å². The van der Waals surface area contributed by atoms with Gasteiger partial charge in [-0.15, -0.1) is 0 Å². The lowest BCUT2D eigenvalue weighted by Crippen LogP contribution is -2.14. The highest BCUT2D eigenvalue weighted by molar-refractivity contribution is 7.80. The molecule has 0 atom stereocenters. The van der Waals surface area contributed by atoms with Crippen molar-refractivity contribution in [1.82, 2.24) is 0 Å². The minimum absolute atomic E-state index is 0.0388. The zero-order valence-electron chi connectivity index (χ0n) is 9.58. The number of nitrogens with one attached hydrogen (secondary N) is 1. The van der Waals surface area contributed by atoms with E-state index >= 15 is 0 Å². The average molecular weight is 299 g/mol. The van der Waals surface area contributed by atoms with Crippen LogP contribution in [0.5, 0.6) is 0 Å². The second kappa shape index (κ2) is 5.50. The van der Waals surface area contributed by atoms with Crippen LogP contribution < -0.4 is 11.1 Å². The Labute approximate surface area is 119 Å².